The Hall–Kier alpha value is -2.50. The second-order valence-corrected chi connectivity index (χ2v) is 9.39. The number of rotatable bonds is 5. The van der Waals surface area contributed by atoms with E-state index in [-0.39, 0.29) is 11.9 Å². The van der Waals surface area contributed by atoms with Gasteiger partial charge in [0.1, 0.15) is 5.82 Å². The van der Waals surface area contributed by atoms with Crippen molar-refractivity contribution >= 4 is 16.9 Å². The van der Waals surface area contributed by atoms with Crippen LogP contribution in [0, 0.1) is 11.7 Å². The molecule has 3 aromatic rings. The molecule has 0 aliphatic heterocycles. The van der Waals surface area contributed by atoms with E-state index in [4.69, 9.17) is 4.42 Å². The number of hydrogen-bond donors (Lipinski definition) is 1. The van der Waals surface area contributed by atoms with Crippen LogP contribution < -0.4 is 5.32 Å². The number of fused-ring (bicyclic) bond motifs is 1. The minimum absolute atomic E-state index is 0.194. The minimum Gasteiger partial charge on any atom is -0.408 e. The molecule has 2 heterocycles. The molecule has 2 saturated carbocycles. The maximum Gasteiger partial charge on any atom is 0.315 e. The number of nitrogens with one attached hydrogen (secondary N) is 1. The van der Waals surface area contributed by atoms with Gasteiger partial charge in [0.05, 0.1) is 5.52 Å². The fourth-order valence-electron chi connectivity index (χ4n) is 5.55. The highest BCUT2D eigenvalue weighted by Gasteiger charge is 2.28. The lowest BCUT2D eigenvalue weighted by Gasteiger charge is -2.33. The Labute approximate surface area is 182 Å². The van der Waals surface area contributed by atoms with Crippen LogP contribution in [0.4, 0.5) is 10.4 Å². The third-order valence-corrected chi connectivity index (χ3v) is 7.40. The van der Waals surface area contributed by atoms with E-state index in [1.54, 1.807) is 12.1 Å². The Morgan fingerprint density at radius 1 is 0.968 bits per heavy atom. The summed E-state index contributed by atoms with van der Waals surface area (Å²) in [5.74, 6) is 2.06. The summed E-state index contributed by atoms with van der Waals surface area (Å²) < 4.78 is 19.8. The van der Waals surface area contributed by atoms with Crippen LogP contribution in [0.1, 0.15) is 88.0 Å². The molecule has 2 aromatic heterocycles. The zero-order valence-corrected chi connectivity index (χ0v) is 18.2. The largest absolute Gasteiger partial charge is 0.408 e. The summed E-state index contributed by atoms with van der Waals surface area (Å²) >= 11 is 0. The molecule has 0 spiro atoms. The van der Waals surface area contributed by atoms with Crippen LogP contribution in [0.15, 0.2) is 34.9 Å². The van der Waals surface area contributed by atoms with E-state index in [1.165, 1.54) is 30.9 Å². The molecule has 164 valence electrons. The Bertz CT molecular complexity index is 1020. The molecule has 31 heavy (non-hydrogen) atoms. The van der Waals surface area contributed by atoms with Gasteiger partial charge in [0.15, 0.2) is 0 Å². The lowest BCUT2D eigenvalue weighted by atomic mass is 9.75. The fraction of sp³-hybridized carbons (Fsp3) is 0.560. The number of aromatic nitrogens is 3. The van der Waals surface area contributed by atoms with Crippen molar-refractivity contribution in [1.82, 2.24) is 15.2 Å². The zero-order chi connectivity index (χ0) is 21.2. The van der Waals surface area contributed by atoms with Crippen molar-refractivity contribution in [3.8, 4) is 0 Å². The van der Waals surface area contributed by atoms with Gasteiger partial charge in [-0.1, -0.05) is 24.4 Å². The number of anilines is 1. The van der Waals surface area contributed by atoms with E-state index in [0.717, 1.165) is 55.3 Å². The molecule has 5 rings (SSSR count). The Kier molecular flexibility index (Phi) is 5.88. The Balaban J connectivity index is 1.20. The predicted molar refractivity (Wildman–Crippen MR) is 120 cm³/mol. The first-order valence-electron chi connectivity index (χ1n) is 11.8. The van der Waals surface area contributed by atoms with Crippen molar-refractivity contribution in [3.05, 3.63) is 47.7 Å². The van der Waals surface area contributed by atoms with Crippen LogP contribution in [-0.2, 0) is 0 Å². The third-order valence-electron chi connectivity index (χ3n) is 7.40. The first kappa shape index (κ1) is 20.4. The lowest BCUT2D eigenvalue weighted by Crippen LogP contribution is -2.29. The molecule has 0 saturated heterocycles. The van der Waals surface area contributed by atoms with Gasteiger partial charge in [-0.25, -0.2) is 4.39 Å². The summed E-state index contributed by atoms with van der Waals surface area (Å²) in [4.78, 5) is 4.40. The van der Waals surface area contributed by atoms with Gasteiger partial charge in [0.25, 0.3) is 0 Å². The van der Waals surface area contributed by atoms with Gasteiger partial charge in [-0.15, -0.1) is 5.10 Å². The number of nitrogens with zero attached hydrogens (tertiary/aromatic N) is 3. The molecule has 0 amide bonds. The zero-order valence-electron chi connectivity index (χ0n) is 18.2. The highest BCUT2D eigenvalue weighted by molar-refractivity contribution is 5.82. The second kappa shape index (κ2) is 8.93. The van der Waals surface area contributed by atoms with Crippen molar-refractivity contribution in [2.24, 2.45) is 5.92 Å². The SMILES string of the molecule is C[C@@H](Nc1nnc(C2CCCCC2)o1)[C@H]1CC[C@@H](c2ccnc3ccc(F)cc32)CC1. The summed E-state index contributed by atoms with van der Waals surface area (Å²) in [6.45, 7) is 2.21. The van der Waals surface area contributed by atoms with Crippen molar-refractivity contribution in [1.29, 1.82) is 0 Å². The average molecular weight is 423 g/mol. The molecule has 2 aliphatic rings. The fourth-order valence-corrected chi connectivity index (χ4v) is 5.55. The van der Waals surface area contributed by atoms with E-state index < -0.39 is 0 Å². The maximum atomic E-state index is 13.8. The van der Waals surface area contributed by atoms with E-state index in [1.807, 2.05) is 6.20 Å². The number of pyridine rings is 1. The molecule has 1 N–H and O–H groups in total. The highest BCUT2D eigenvalue weighted by atomic mass is 19.1. The molecule has 1 aromatic carbocycles. The quantitative estimate of drug-likeness (QED) is 0.503. The molecular formula is C25H31FN4O. The van der Waals surface area contributed by atoms with Gasteiger partial charge in [-0.2, -0.15) is 0 Å². The summed E-state index contributed by atoms with van der Waals surface area (Å²) in [6, 6.07) is 7.81. The van der Waals surface area contributed by atoms with Crippen LogP contribution >= 0.6 is 0 Å². The highest BCUT2D eigenvalue weighted by Crippen LogP contribution is 2.40. The molecule has 0 unspecified atom stereocenters. The molecular weight excluding hydrogens is 391 g/mol. The third kappa shape index (κ3) is 4.43. The standard InChI is InChI=1S/C25H31FN4O/c1-16(28-25-30-29-24(31-25)19-5-3-2-4-6-19)17-7-9-18(10-8-17)21-13-14-27-23-12-11-20(26)15-22(21)23/h11-19H,2-10H2,1H3,(H,28,30)/t16-,17-,18+/m1/s1. The van der Waals surface area contributed by atoms with Crippen LogP contribution in [-0.4, -0.2) is 21.2 Å². The Morgan fingerprint density at radius 2 is 1.77 bits per heavy atom. The van der Waals surface area contributed by atoms with Crippen LogP contribution in [0.3, 0.4) is 0 Å². The lowest BCUT2D eigenvalue weighted by molar-refractivity contribution is 0.298. The topological polar surface area (TPSA) is 63.8 Å². The number of benzene rings is 1. The summed E-state index contributed by atoms with van der Waals surface area (Å²) in [6.07, 6.45) is 12.5. The first-order chi connectivity index (χ1) is 15.2. The molecule has 6 heteroatoms. The Morgan fingerprint density at radius 3 is 2.58 bits per heavy atom. The van der Waals surface area contributed by atoms with Gasteiger partial charge < -0.3 is 9.73 Å². The van der Waals surface area contributed by atoms with Gasteiger partial charge >= 0.3 is 6.01 Å². The summed E-state index contributed by atoms with van der Waals surface area (Å²) in [5, 5.41) is 13.0. The monoisotopic (exact) mass is 422 g/mol. The number of hydrogen-bond acceptors (Lipinski definition) is 5. The van der Waals surface area contributed by atoms with E-state index in [0.29, 0.717) is 23.8 Å². The van der Waals surface area contributed by atoms with Gasteiger partial charge in [0, 0.05) is 23.5 Å². The van der Waals surface area contributed by atoms with Crippen LogP contribution in [0.2, 0.25) is 0 Å². The predicted octanol–water partition coefficient (Wildman–Crippen LogP) is 6.58. The maximum absolute atomic E-state index is 13.8. The minimum atomic E-state index is -0.194. The van der Waals surface area contributed by atoms with Gasteiger partial charge in [-0.3, -0.25) is 4.98 Å². The van der Waals surface area contributed by atoms with Crippen molar-refractivity contribution in [2.45, 2.75) is 82.6 Å². The van der Waals surface area contributed by atoms with Crippen molar-refractivity contribution < 1.29 is 8.81 Å². The first-order valence-corrected chi connectivity index (χ1v) is 11.8. The molecule has 2 fully saturated rings. The van der Waals surface area contributed by atoms with E-state index >= 15 is 0 Å². The summed E-state index contributed by atoms with van der Waals surface area (Å²) in [7, 11) is 0. The van der Waals surface area contributed by atoms with E-state index in [2.05, 4.69) is 33.5 Å². The average Bonchev–Trinajstić information content (AvgIpc) is 3.28. The van der Waals surface area contributed by atoms with Crippen LogP contribution in [0.25, 0.3) is 10.9 Å². The van der Waals surface area contributed by atoms with Gasteiger partial charge in [0.2, 0.25) is 5.89 Å². The second-order valence-electron chi connectivity index (χ2n) is 9.39. The van der Waals surface area contributed by atoms with Crippen LogP contribution in [0.5, 0.6) is 0 Å². The van der Waals surface area contributed by atoms with Gasteiger partial charge in [-0.05, 0) is 87.1 Å². The van der Waals surface area contributed by atoms with E-state index in [9.17, 15) is 4.39 Å². The summed E-state index contributed by atoms with van der Waals surface area (Å²) in [5.41, 5.74) is 2.11. The number of halogens is 1. The molecule has 0 bridgehead atoms. The molecule has 5 nitrogen and oxygen atoms in total. The smallest absolute Gasteiger partial charge is 0.315 e. The normalized spacial score (nSPS) is 23.7. The molecule has 1 atom stereocenters. The van der Waals surface area contributed by atoms with Crippen molar-refractivity contribution in [2.75, 3.05) is 5.32 Å². The molecule has 2 aliphatic carbocycles. The van der Waals surface area contributed by atoms with Crippen molar-refractivity contribution in [3.63, 3.8) is 0 Å². The molecule has 0 radical (unpaired) electrons.